The lowest BCUT2D eigenvalue weighted by atomic mass is 9.80. The quantitative estimate of drug-likeness (QED) is 0.916. The largest absolute Gasteiger partial charge is 0.480 e. The van der Waals surface area contributed by atoms with Gasteiger partial charge in [-0.05, 0) is 37.0 Å². The first-order valence-electron chi connectivity index (χ1n) is 7.07. The highest BCUT2D eigenvalue weighted by atomic mass is 32.2. The molecule has 3 heterocycles. The van der Waals surface area contributed by atoms with Gasteiger partial charge in [0, 0.05) is 18.4 Å². The number of methoxy groups -OCH3 is 1. The standard InChI is InChI=1S/C14H21N3O2S/c1-18-12-3-2-11(16-17-12)13(15)10-4-6-19-14(8-10)5-7-20-9-14/h2-3,10,13H,4-9,15H2,1H3. The molecule has 3 rings (SSSR count). The third kappa shape index (κ3) is 2.77. The second-order valence-electron chi connectivity index (χ2n) is 5.61. The van der Waals surface area contributed by atoms with Crippen LogP contribution in [0.5, 0.6) is 5.88 Å². The van der Waals surface area contributed by atoms with E-state index in [-0.39, 0.29) is 11.6 Å². The molecule has 0 aliphatic carbocycles. The number of hydrogen-bond donors (Lipinski definition) is 1. The van der Waals surface area contributed by atoms with Gasteiger partial charge >= 0.3 is 0 Å². The van der Waals surface area contributed by atoms with Crippen molar-refractivity contribution < 1.29 is 9.47 Å². The Balaban J connectivity index is 1.70. The SMILES string of the molecule is COc1ccc(C(N)C2CCOC3(CCSC3)C2)nn1. The van der Waals surface area contributed by atoms with Crippen molar-refractivity contribution >= 4 is 11.8 Å². The summed E-state index contributed by atoms with van der Waals surface area (Å²) in [4.78, 5) is 0. The average Bonchev–Trinajstić information content (AvgIpc) is 2.94. The highest BCUT2D eigenvalue weighted by Crippen LogP contribution is 2.43. The minimum Gasteiger partial charge on any atom is -0.480 e. The fourth-order valence-electron chi connectivity index (χ4n) is 3.09. The second-order valence-corrected chi connectivity index (χ2v) is 6.72. The third-order valence-electron chi connectivity index (χ3n) is 4.32. The zero-order chi connectivity index (χ0) is 14.0. The van der Waals surface area contributed by atoms with Crippen LogP contribution >= 0.6 is 11.8 Å². The Bertz CT molecular complexity index is 448. The summed E-state index contributed by atoms with van der Waals surface area (Å²) >= 11 is 1.98. The molecule has 1 aromatic heterocycles. The maximum absolute atomic E-state index is 6.41. The summed E-state index contributed by atoms with van der Waals surface area (Å²) in [6.45, 7) is 0.808. The van der Waals surface area contributed by atoms with Crippen molar-refractivity contribution in [2.45, 2.75) is 30.9 Å². The van der Waals surface area contributed by atoms with Crippen LogP contribution in [0.15, 0.2) is 12.1 Å². The summed E-state index contributed by atoms with van der Waals surface area (Å²) in [5, 5.41) is 8.21. The summed E-state index contributed by atoms with van der Waals surface area (Å²) < 4.78 is 11.1. The van der Waals surface area contributed by atoms with Crippen molar-refractivity contribution in [3.05, 3.63) is 17.8 Å². The minimum atomic E-state index is -0.0696. The smallest absolute Gasteiger partial charge is 0.233 e. The number of rotatable bonds is 3. The van der Waals surface area contributed by atoms with E-state index in [1.165, 1.54) is 5.75 Å². The van der Waals surface area contributed by atoms with E-state index >= 15 is 0 Å². The lowest BCUT2D eigenvalue weighted by Gasteiger charge is -2.39. The fourth-order valence-corrected chi connectivity index (χ4v) is 4.47. The first-order chi connectivity index (χ1) is 9.72. The number of nitrogens with two attached hydrogens (primary N) is 1. The highest BCUT2D eigenvalue weighted by molar-refractivity contribution is 7.99. The van der Waals surface area contributed by atoms with Gasteiger partial charge < -0.3 is 15.2 Å². The van der Waals surface area contributed by atoms with Gasteiger partial charge in [-0.1, -0.05) is 0 Å². The molecule has 2 aliphatic rings. The van der Waals surface area contributed by atoms with Crippen molar-refractivity contribution in [2.24, 2.45) is 11.7 Å². The molecule has 6 heteroatoms. The molecule has 3 unspecified atom stereocenters. The molecule has 0 amide bonds. The summed E-state index contributed by atoms with van der Waals surface area (Å²) in [6.07, 6.45) is 3.19. The van der Waals surface area contributed by atoms with Gasteiger partial charge in [0.05, 0.1) is 24.4 Å². The number of aromatic nitrogens is 2. The van der Waals surface area contributed by atoms with Gasteiger partial charge in [-0.25, -0.2) is 0 Å². The summed E-state index contributed by atoms with van der Waals surface area (Å²) in [6, 6.07) is 3.67. The molecule has 2 N–H and O–H groups in total. The molecule has 110 valence electrons. The molecular weight excluding hydrogens is 274 g/mol. The Hall–Kier alpha value is -0.850. The van der Waals surface area contributed by atoms with Gasteiger partial charge in [0.25, 0.3) is 0 Å². The Kier molecular flexibility index (Phi) is 4.14. The third-order valence-corrected chi connectivity index (χ3v) is 5.54. The van der Waals surface area contributed by atoms with E-state index < -0.39 is 0 Å². The lowest BCUT2D eigenvalue weighted by Crippen LogP contribution is -2.42. The number of nitrogens with zero attached hydrogens (tertiary/aromatic N) is 2. The second kappa shape index (κ2) is 5.87. The molecule has 2 aliphatic heterocycles. The first kappa shape index (κ1) is 14.1. The number of hydrogen-bond acceptors (Lipinski definition) is 6. The average molecular weight is 295 g/mol. The van der Waals surface area contributed by atoms with E-state index in [9.17, 15) is 0 Å². The van der Waals surface area contributed by atoms with Crippen LogP contribution in [0, 0.1) is 5.92 Å². The van der Waals surface area contributed by atoms with Crippen LogP contribution in [0.1, 0.15) is 31.0 Å². The van der Waals surface area contributed by atoms with Gasteiger partial charge in [-0.3, -0.25) is 0 Å². The molecule has 0 saturated carbocycles. The normalized spacial score (nSPS) is 31.4. The lowest BCUT2D eigenvalue weighted by molar-refractivity contribution is -0.0836. The van der Waals surface area contributed by atoms with Crippen molar-refractivity contribution in [1.82, 2.24) is 10.2 Å². The van der Waals surface area contributed by atoms with E-state index in [2.05, 4.69) is 10.2 Å². The van der Waals surface area contributed by atoms with E-state index in [1.54, 1.807) is 7.11 Å². The molecule has 3 atom stereocenters. The molecule has 1 spiro atoms. The van der Waals surface area contributed by atoms with Crippen LogP contribution in [0.4, 0.5) is 0 Å². The van der Waals surface area contributed by atoms with Crippen molar-refractivity contribution in [3.8, 4) is 5.88 Å². The maximum Gasteiger partial charge on any atom is 0.233 e. The van der Waals surface area contributed by atoms with Crippen LogP contribution in [0.25, 0.3) is 0 Å². The molecule has 1 aromatic rings. The van der Waals surface area contributed by atoms with E-state index in [0.717, 1.165) is 37.3 Å². The van der Waals surface area contributed by atoms with Crippen LogP contribution in [0.3, 0.4) is 0 Å². The minimum absolute atomic E-state index is 0.0606. The Morgan fingerprint density at radius 3 is 3.05 bits per heavy atom. The van der Waals surface area contributed by atoms with Crippen molar-refractivity contribution in [3.63, 3.8) is 0 Å². The number of thioether (sulfide) groups is 1. The van der Waals surface area contributed by atoms with E-state index in [4.69, 9.17) is 15.2 Å². The van der Waals surface area contributed by atoms with Gasteiger partial charge in [0.15, 0.2) is 0 Å². The monoisotopic (exact) mass is 295 g/mol. The first-order valence-corrected chi connectivity index (χ1v) is 8.23. The van der Waals surface area contributed by atoms with Crippen LogP contribution < -0.4 is 10.5 Å². The predicted molar refractivity (Wildman–Crippen MR) is 78.9 cm³/mol. The summed E-state index contributed by atoms with van der Waals surface area (Å²) in [7, 11) is 1.59. The van der Waals surface area contributed by atoms with E-state index in [1.807, 2.05) is 23.9 Å². The molecule has 2 fully saturated rings. The summed E-state index contributed by atoms with van der Waals surface area (Å²) in [5.41, 5.74) is 7.31. The Morgan fingerprint density at radius 1 is 1.50 bits per heavy atom. The zero-order valence-corrected chi connectivity index (χ0v) is 12.6. The van der Waals surface area contributed by atoms with Gasteiger partial charge in [-0.15, -0.1) is 5.10 Å². The Labute approximate surface area is 123 Å². The fraction of sp³-hybridized carbons (Fsp3) is 0.714. The Morgan fingerprint density at radius 2 is 2.40 bits per heavy atom. The molecule has 0 aromatic carbocycles. The van der Waals surface area contributed by atoms with Crippen LogP contribution in [0.2, 0.25) is 0 Å². The van der Waals surface area contributed by atoms with Crippen molar-refractivity contribution in [1.29, 1.82) is 0 Å². The predicted octanol–water partition coefficient (Wildman–Crippen LogP) is 1.79. The van der Waals surface area contributed by atoms with Gasteiger partial charge in [-0.2, -0.15) is 16.9 Å². The van der Waals surface area contributed by atoms with Crippen LogP contribution in [-0.4, -0.2) is 41.0 Å². The molecule has 2 saturated heterocycles. The molecule has 0 radical (unpaired) electrons. The zero-order valence-electron chi connectivity index (χ0n) is 11.7. The molecule has 20 heavy (non-hydrogen) atoms. The van der Waals surface area contributed by atoms with Crippen molar-refractivity contribution in [2.75, 3.05) is 25.2 Å². The van der Waals surface area contributed by atoms with Gasteiger partial charge in [0.1, 0.15) is 0 Å². The molecular formula is C14H21N3O2S. The number of ether oxygens (including phenoxy) is 2. The molecule has 0 bridgehead atoms. The maximum atomic E-state index is 6.41. The van der Waals surface area contributed by atoms with E-state index in [0.29, 0.717) is 11.8 Å². The topological polar surface area (TPSA) is 70.3 Å². The highest BCUT2D eigenvalue weighted by Gasteiger charge is 2.42. The summed E-state index contributed by atoms with van der Waals surface area (Å²) in [5.74, 6) is 3.25. The van der Waals surface area contributed by atoms with Crippen LogP contribution in [-0.2, 0) is 4.74 Å². The molecule has 5 nitrogen and oxygen atoms in total. The van der Waals surface area contributed by atoms with Gasteiger partial charge in [0.2, 0.25) is 5.88 Å².